The van der Waals surface area contributed by atoms with Crippen molar-refractivity contribution in [2.45, 2.75) is 65.7 Å². The summed E-state index contributed by atoms with van der Waals surface area (Å²) >= 11 is 0. The maximum atomic E-state index is 14.4. The number of aliphatic hydroxyl groups excluding tert-OH is 1. The molecule has 0 amide bonds. The zero-order chi connectivity index (χ0) is 20.4. The third-order valence-corrected chi connectivity index (χ3v) is 8.80. The second-order valence-electron chi connectivity index (χ2n) is 9.92. The molecular formula is C22H30FNO4. The number of allylic oxidation sites excluding steroid dienone is 2. The van der Waals surface area contributed by atoms with Crippen molar-refractivity contribution >= 4 is 5.78 Å². The van der Waals surface area contributed by atoms with Crippen molar-refractivity contribution in [1.82, 2.24) is 0 Å². The highest BCUT2D eigenvalue weighted by molar-refractivity contribution is 5.96. The summed E-state index contributed by atoms with van der Waals surface area (Å²) in [5, 5.41) is 21.0. The number of aliphatic hydroxyl groups is 1. The number of ketones is 1. The van der Waals surface area contributed by atoms with Gasteiger partial charge in [0.15, 0.2) is 0 Å². The summed E-state index contributed by atoms with van der Waals surface area (Å²) in [5.74, 6) is 0.0449. The highest BCUT2D eigenvalue weighted by Crippen LogP contribution is 2.67. The summed E-state index contributed by atoms with van der Waals surface area (Å²) < 4.78 is 14.4. The molecule has 1 unspecified atom stereocenters. The zero-order valence-electron chi connectivity index (χ0n) is 17.0. The van der Waals surface area contributed by atoms with Gasteiger partial charge in [0.25, 0.3) is 0 Å². The van der Waals surface area contributed by atoms with Crippen molar-refractivity contribution in [2.24, 2.45) is 34.5 Å². The second-order valence-corrected chi connectivity index (χ2v) is 9.92. The molecule has 3 fully saturated rings. The van der Waals surface area contributed by atoms with Crippen LogP contribution in [0.25, 0.3) is 0 Å². The molecule has 0 aliphatic heterocycles. The van der Waals surface area contributed by atoms with Crippen LogP contribution in [0.1, 0.15) is 65.7 Å². The maximum absolute atomic E-state index is 14.4. The maximum Gasteiger partial charge on any atom is 0.312 e. The lowest BCUT2D eigenvalue weighted by molar-refractivity contribution is -0.422. The molecule has 0 bridgehead atoms. The van der Waals surface area contributed by atoms with E-state index in [2.05, 4.69) is 13.8 Å². The third kappa shape index (κ3) is 2.49. The fourth-order valence-corrected chi connectivity index (χ4v) is 7.63. The van der Waals surface area contributed by atoms with E-state index in [0.29, 0.717) is 37.0 Å². The molecule has 4 aliphatic carbocycles. The van der Waals surface area contributed by atoms with Crippen LogP contribution in [0, 0.1) is 44.6 Å². The Morgan fingerprint density at radius 2 is 1.89 bits per heavy atom. The van der Waals surface area contributed by atoms with Gasteiger partial charge in [0, 0.05) is 11.5 Å². The van der Waals surface area contributed by atoms with Gasteiger partial charge in [-0.05, 0) is 79.1 Å². The van der Waals surface area contributed by atoms with Crippen LogP contribution in [-0.2, 0) is 4.79 Å². The number of halogens is 1. The molecular weight excluding hydrogens is 361 g/mol. The van der Waals surface area contributed by atoms with Gasteiger partial charge >= 0.3 is 5.70 Å². The number of Topliss-reactive ketones (excluding diaryl/α,β-unsaturated/α-hetero) is 1. The average molecular weight is 391 g/mol. The highest BCUT2D eigenvalue weighted by Gasteiger charge is 2.61. The number of nitro groups is 1. The Hall–Kier alpha value is -1.56. The Kier molecular flexibility index (Phi) is 4.57. The number of hydrogen-bond acceptors (Lipinski definition) is 4. The van der Waals surface area contributed by atoms with Crippen molar-refractivity contribution in [1.29, 1.82) is 0 Å². The van der Waals surface area contributed by atoms with Crippen molar-refractivity contribution in [3.63, 3.8) is 0 Å². The Labute approximate surface area is 165 Å². The minimum absolute atomic E-state index is 0.147. The van der Waals surface area contributed by atoms with Crippen LogP contribution in [0.2, 0.25) is 0 Å². The molecule has 0 aromatic carbocycles. The highest BCUT2D eigenvalue weighted by atomic mass is 19.1. The number of fused-ring (bicyclic) bond motifs is 5. The lowest BCUT2D eigenvalue weighted by Gasteiger charge is -2.57. The molecule has 28 heavy (non-hydrogen) atoms. The van der Waals surface area contributed by atoms with Crippen LogP contribution < -0.4 is 0 Å². The van der Waals surface area contributed by atoms with Crippen molar-refractivity contribution in [3.8, 4) is 0 Å². The molecule has 6 atom stereocenters. The third-order valence-electron chi connectivity index (χ3n) is 8.80. The quantitative estimate of drug-likeness (QED) is 0.552. The van der Waals surface area contributed by atoms with Gasteiger partial charge in [0.2, 0.25) is 5.78 Å². The summed E-state index contributed by atoms with van der Waals surface area (Å²) in [6, 6.07) is 0. The molecule has 6 heteroatoms. The fraction of sp³-hybridized carbons (Fsp3) is 0.773. The molecule has 5 nitrogen and oxygen atoms in total. The number of hydrogen-bond donors (Lipinski definition) is 1. The zero-order valence-corrected chi connectivity index (χ0v) is 17.0. The standard InChI is InChI=1S/C22H30FNO4/c1-12-10-22(3)15-8-9-21(2)14(6-7-16(21)18(23)11-25)13(15)4-5-17(22)19(20(12)26)24(27)28/h12-15,25H,4-11H2,1-3H3/t12?,13-,14-,15-,21-,22+/m0/s1. The number of carbonyl (C=O) groups excluding carboxylic acids is 1. The predicted octanol–water partition coefficient (Wildman–Crippen LogP) is 4.58. The molecule has 0 aromatic heterocycles. The van der Waals surface area contributed by atoms with Crippen LogP contribution in [0.15, 0.2) is 22.7 Å². The summed E-state index contributed by atoms with van der Waals surface area (Å²) in [7, 11) is 0. The Morgan fingerprint density at radius 3 is 2.54 bits per heavy atom. The first-order chi connectivity index (χ1) is 13.1. The van der Waals surface area contributed by atoms with Crippen molar-refractivity contribution < 1.29 is 19.2 Å². The van der Waals surface area contributed by atoms with E-state index in [-0.39, 0.29) is 34.1 Å². The SMILES string of the molecule is CC1C[C@@]2(C)C(=C([N+](=O)[O-])C1=O)CC[C@@H]1[C@@H]2CC[C@]2(C)C(=C(F)CO)CC[C@@H]12. The van der Waals surface area contributed by atoms with E-state index in [4.69, 9.17) is 0 Å². The first kappa shape index (κ1) is 19.7. The molecule has 0 spiro atoms. The minimum atomic E-state index is -0.526. The Bertz CT molecular complexity index is 802. The van der Waals surface area contributed by atoms with Crippen LogP contribution in [-0.4, -0.2) is 22.4 Å². The average Bonchev–Trinajstić information content (AvgIpc) is 2.99. The number of nitrogens with zero attached hydrogens (tertiary/aromatic N) is 1. The van der Waals surface area contributed by atoms with Gasteiger partial charge < -0.3 is 5.11 Å². The summed E-state index contributed by atoms with van der Waals surface area (Å²) in [5.41, 5.74) is 0.880. The van der Waals surface area contributed by atoms with Crippen LogP contribution in [0.5, 0.6) is 0 Å². The molecule has 0 aromatic rings. The van der Waals surface area contributed by atoms with E-state index in [1.165, 1.54) is 0 Å². The van der Waals surface area contributed by atoms with Gasteiger partial charge in [0.1, 0.15) is 5.83 Å². The van der Waals surface area contributed by atoms with E-state index >= 15 is 0 Å². The van der Waals surface area contributed by atoms with Gasteiger partial charge in [-0.25, -0.2) is 4.39 Å². The summed E-state index contributed by atoms with van der Waals surface area (Å²) in [6.07, 6.45) is 5.48. The fourth-order valence-electron chi connectivity index (χ4n) is 7.63. The number of carbonyl (C=O) groups is 1. The minimum Gasteiger partial charge on any atom is -0.389 e. The lowest BCUT2D eigenvalue weighted by atomic mass is 9.46. The van der Waals surface area contributed by atoms with Gasteiger partial charge in [-0.1, -0.05) is 20.8 Å². The first-order valence-electron chi connectivity index (χ1n) is 10.6. The lowest BCUT2D eigenvalue weighted by Crippen LogP contribution is -2.52. The van der Waals surface area contributed by atoms with Gasteiger partial charge in [-0.3, -0.25) is 14.9 Å². The van der Waals surface area contributed by atoms with Gasteiger partial charge in [0.05, 0.1) is 11.5 Å². The molecule has 4 rings (SSSR count). The van der Waals surface area contributed by atoms with Gasteiger partial charge in [-0.15, -0.1) is 0 Å². The van der Waals surface area contributed by atoms with E-state index in [0.717, 1.165) is 36.8 Å². The van der Waals surface area contributed by atoms with Crippen LogP contribution in [0.4, 0.5) is 4.39 Å². The topological polar surface area (TPSA) is 80.4 Å². The Balaban J connectivity index is 1.75. The van der Waals surface area contributed by atoms with E-state index < -0.39 is 11.5 Å². The molecule has 4 aliphatic rings. The molecule has 3 saturated carbocycles. The monoisotopic (exact) mass is 391 g/mol. The van der Waals surface area contributed by atoms with E-state index in [1.54, 1.807) is 0 Å². The van der Waals surface area contributed by atoms with Gasteiger partial charge in [-0.2, -0.15) is 0 Å². The van der Waals surface area contributed by atoms with Crippen LogP contribution >= 0.6 is 0 Å². The van der Waals surface area contributed by atoms with Crippen LogP contribution in [0.3, 0.4) is 0 Å². The van der Waals surface area contributed by atoms with Crippen molar-refractivity contribution in [3.05, 3.63) is 32.8 Å². The first-order valence-corrected chi connectivity index (χ1v) is 10.6. The molecule has 1 N–H and O–H groups in total. The molecule has 154 valence electrons. The second kappa shape index (κ2) is 6.48. The molecule has 0 heterocycles. The molecule has 0 radical (unpaired) electrons. The normalized spacial score (nSPS) is 44.7. The summed E-state index contributed by atoms with van der Waals surface area (Å²) in [4.78, 5) is 23.8. The Morgan fingerprint density at radius 1 is 1.21 bits per heavy atom. The molecule has 0 saturated heterocycles. The smallest absolute Gasteiger partial charge is 0.312 e. The largest absolute Gasteiger partial charge is 0.389 e. The van der Waals surface area contributed by atoms with E-state index in [1.807, 2.05) is 6.92 Å². The van der Waals surface area contributed by atoms with Crippen molar-refractivity contribution in [2.75, 3.05) is 6.61 Å². The van der Waals surface area contributed by atoms with E-state index in [9.17, 15) is 24.4 Å². The summed E-state index contributed by atoms with van der Waals surface area (Å²) in [6.45, 7) is 5.57. The predicted molar refractivity (Wildman–Crippen MR) is 102 cm³/mol. The number of rotatable bonds is 2.